The number of benzene rings is 1. The van der Waals surface area contributed by atoms with E-state index in [2.05, 4.69) is 0 Å². The smallest absolute Gasteiger partial charge is 0.270 e. The average molecular weight is 364 g/mol. The van der Waals surface area contributed by atoms with Gasteiger partial charge in [0.1, 0.15) is 6.54 Å². The number of aromatic nitrogens is 1. The lowest BCUT2D eigenvalue weighted by Crippen LogP contribution is -2.29. The Morgan fingerprint density at radius 3 is 2.79 bits per heavy atom. The van der Waals surface area contributed by atoms with E-state index in [1.54, 1.807) is 34.8 Å². The highest BCUT2D eigenvalue weighted by Crippen LogP contribution is 2.24. The highest BCUT2D eigenvalue weighted by molar-refractivity contribution is 7.16. The molecule has 0 radical (unpaired) electrons. The van der Waals surface area contributed by atoms with Crippen molar-refractivity contribution >= 4 is 45.4 Å². The lowest BCUT2D eigenvalue weighted by Gasteiger charge is -2.17. The summed E-state index contributed by atoms with van der Waals surface area (Å²) >= 11 is 7.35. The first kappa shape index (κ1) is 16.5. The van der Waals surface area contributed by atoms with Crippen molar-refractivity contribution in [2.45, 2.75) is 13.1 Å². The van der Waals surface area contributed by atoms with Crippen molar-refractivity contribution in [3.63, 3.8) is 0 Å². The van der Waals surface area contributed by atoms with Crippen molar-refractivity contribution in [3.8, 4) is 0 Å². The first-order valence-corrected chi connectivity index (χ1v) is 8.35. The molecular formula is C16H14ClN3O3S. The Morgan fingerprint density at radius 2 is 2.12 bits per heavy atom. The fourth-order valence-corrected chi connectivity index (χ4v) is 3.61. The SMILES string of the molecule is CN(Cc1ccc(Cl)s1)C(=O)Cn1ccc2cc([N+](=O)[O-])ccc21. The van der Waals surface area contributed by atoms with E-state index in [1.807, 2.05) is 12.1 Å². The van der Waals surface area contributed by atoms with Crippen LogP contribution in [0.4, 0.5) is 5.69 Å². The zero-order valence-corrected chi connectivity index (χ0v) is 14.4. The quantitative estimate of drug-likeness (QED) is 0.509. The lowest BCUT2D eigenvalue weighted by atomic mass is 10.2. The predicted molar refractivity (Wildman–Crippen MR) is 94.4 cm³/mol. The maximum Gasteiger partial charge on any atom is 0.270 e. The van der Waals surface area contributed by atoms with Crippen molar-refractivity contribution in [2.24, 2.45) is 0 Å². The molecule has 0 aliphatic heterocycles. The standard InChI is InChI=1S/C16H14ClN3O3S/c1-18(9-13-3-5-15(17)24-13)16(21)10-19-7-6-11-8-12(20(22)23)2-4-14(11)19/h2-8H,9-10H2,1H3. The number of nitro benzene ring substituents is 1. The van der Waals surface area contributed by atoms with Gasteiger partial charge < -0.3 is 9.47 Å². The highest BCUT2D eigenvalue weighted by atomic mass is 35.5. The molecule has 0 unspecified atom stereocenters. The minimum Gasteiger partial charge on any atom is -0.339 e. The largest absolute Gasteiger partial charge is 0.339 e. The molecule has 0 fully saturated rings. The van der Waals surface area contributed by atoms with Crippen LogP contribution in [0.1, 0.15) is 4.88 Å². The molecule has 0 saturated heterocycles. The topological polar surface area (TPSA) is 68.4 Å². The van der Waals surface area contributed by atoms with Gasteiger partial charge in [0.25, 0.3) is 5.69 Å². The van der Waals surface area contributed by atoms with E-state index in [-0.39, 0.29) is 18.1 Å². The second-order valence-corrected chi connectivity index (χ2v) is 7.20. The molecule has 0 N–H and O–H groups in total. The molecule has 2 heterocycles. The fourth-order valence-electron chi connectivity index (χ4n) is 2.46. The number of hydrogen-bond donors (Lipinski definition) is 0. The molecule has 3 rings (SSSR count). The Morgan fingerprint density at radius 1 is 1.33 bits per heavy atom. The van der Waals surface area contributed by atoms with Crippen LogP contribution in [0.15, 0.2) is 42.6 Å². The molecule has 8 heteroatoms. The second-order valence-electron chi connectivity index (χ2n) is 5.40. The van der Waals surface area contributed by atoms with Crippen LogP contribution in [0.5, 0.6) is 0 Å². The van der Waals surface area contributed by atoms with Gasteiger partial charge in [-0.25, -0.2) is 0 Å². The number of halogens is 1. The number of hydrogen-bond acceptors (Lipinski definition) is 4. The molecule has 0 atom stereocenters. The van der Waals surface area contributed by atoms with Gasteiger partial charge in [-0.15, -0.1) is 11.3 Å². The van der Waals surface area contributed by atoms with Crippen LogP contribution >= 0.6 is 22.9 Å². The molecule has 124 valence electrons. The monoisotopic (exact) mass is 363 g/mol. The number of carbonyl (C=O) groups excluding carboxylic acids is 1. The Labute approximate surface area is 147 Å². The molecule has 0 aliphatic rings. The molecule has 1 amide bonds. The fraction of sp³-hybridized carbons (Fsp3) is 0.188. The summed E-state index contributed by atoms with van der Waals surface area (Å²) in [6, 6.07) is 10.1. The molecule has 1 aromatic carbocycles. The van der Waals surface area contributed by atoms with Gasteiger partial charge in [0, 0.05) is 41.2 Å². The highest BCUT2D eigenvalue weighted by Gasteiger charge is 2.14. The van der Waals surface area contributed by atoms with Gasteiger partial charge in [-0.3, -0.25) is 14.9 Å². The van der Waals surface area contributed by atoms with E-state index in [0.29, 0.717) is 10.9 Å². The molecule has 0 aliphatic carbocycles. The summed E-state index contributed by atoms with van der Waals surface area (Å²) in [5, 5.41) is 11.6. The molecule has 0 bridgehead atoms. The molecular weight excluding hydrogens is 350 g/mol. The molecule has 0 spiro atoms. The predicted octanol–water partition coefficient (Wildman–Crippen LogP) is 3.92. The molecule has 2 aromatic heterocycles. The molecule has 6 nitrogen and oxygen atoms in total. The van der Waals surface area contributed by atoms with E-state index < -0.39 is 4.92 Å². The Kier molecular flexibility index (Phi) is 4.55. The normalized spacial score (nSPS) is 10.9. The molecule has 0 saturated carbocycles. The van der Waals surface area contributed by atoms with Gasteiger partial charge in [0.15, 0.2) is 0 Å². The summed E-state index contributed by atoms with van der Waals surface area (Å²) in [7, 11) is 1.74. The van der Waals surface area contributed by atoms with Crippen LogP contribution in [-0.2, 0) is 17.9 Å². The zero-order valence-electron chi connectivity index (χ0n) is 12.8. The van der Waals surface area contributed by atoms with Gasteiger partial charge in [0.2, 0.25) is 5.91 Å². The number of thiophene rings is 1. The van der Waals surface area contributed by atoms with Gasteiger partial charge >= 0.3 is 0 Å². The Bertz CT molecular complexity index is 918. The van der Waals surface area contributed by atoms with Crippen molar-refractivity contribution in [3.05, 3.63) is 61.9 Å². The van der Waals surface area contributed by atoms with Gasteiger partial charge in [-0.1, -0.05) is 11.6 Å². The maximum absolute atomic E-state index is 12.4. The van der Waals surface area contributed by atoms with E-state index in [9.17, 15) is 14.9 Å². The number of nitrogens with zero attached hydrogens (tertiary/aromatic N) is 3. The molecule has 3 aromatic rings. The van der Waals surface area contributed by atoms with E-state index >= 15 is 0 Å². The first-order valence-electron chi connectivity index (χ1n) is 7.15. The van der Waals surface area contributed by atoms with Gasteiger partial charge in [-0.05, 0) is 24.3 Å². The lowest BCUT2D eigenvalue weighted by molar-refractivity contribution is -0.384. The summed E-state index contributed by atoms with van der Waals surface area (Å²) < 4.78 is 2.49. The summed E-state index contributed by atoms with van der Waals surface area (Å²) in [4.78, 5) is 25.5. The summed E-state index contributed by atoms with van der Waals surface area (Å²) in [5.74, 6) is -0.0459. The number of non-ortho nitro benzene ring substituents is 1. The number of nitro groups is 1. The number of likely N-dealkylation sites (N-methyl/N-ethyl adjacent to an activating group) is 1. The summed E-state index contributed by atoms with van der Waals surface area (Å²) in [5.41, 5.74) is 0.833. The maximum atomic E-state index is 12.4. The van der Waals surface area contributed by atoms with Crippen LogP contribution in [-0.4, -0.2) is 27.3 Å². The third-order valence-electron chi connectivity index (χ3n) is 3.72. The number of fused-ring (bicyclic) bond motifs is 1. The Hall–Kier alpha value is -2.38. The van der Waals surface area contributed by atoms with Crippen LogP contribution in [0.3, 0.4) is 0 Å². The van der Waals surface area contributed by atoms with Crippen LogP contribution < -0.4 is 0 Å². The van der Waals surface area contributed by atoms with Crippen molar-refractivity contribution in [1.82, 2.24) is 9.47 Å². The van der Waals surface area contributed by atoms with Gasteiger partial charge in [0.05, 0.1) is 15.8 Å². The third-order valence-corrected chi connectivity index (χ3v) is 4.93. The summed E-state index contributed by atoms with van der Waals surface area (Å²) in [6.07, 6.45) is 1.77. The first-order chi connectivity index (χ1) is 11.4. The van der Waals surface area contributed by atoms with Gasteiger partial charge in [-0.2, -0.15) is 0 Å². The third kappa shape index (κ3) is 3.42. The summed E-state index contributed by atoms with van der Waals surface area (Å²) in [6.45, 7) is 0.678. The Balaban J connectivity index is 1.74. The van der Waals surface area contributed by atoms with E-state index in [0.717, 1.165) is 15.8 Å². The number of amides is 1. The minimum absolute atomic E-state index is 0.0401. The number of rotatable bonds is 5. The van der Waals surface area contributed by atoms with Crippen LogP contribution in [0.2, 0.25) is 4.34 Å². The average Bonchev–Trinajstić information content (AvgIpc) is 3.13. The van der Waals surface area contributed by atoms with E-state index in [4.69, 9.17) is 11.6 Å². The second kappa shape index (κ2) is 6.62. The van der Waals surface area contributed by atoms with Crippen LogP contribution in [0.25, 0.3) is 10.9 Å². The van der Waals surface area contributed by atoms with E-state index in [1.165, 1.54) is 23.5 Å². The van der Waals surface area contributed by atoms with Crippen molar-refractivity contribution < 1.29 is 9.72 Å². The minimum atomic E-state index is -0.429. The zero-order chi connectivity index (χ0) is 17.3. The van der Waals surface area contributed by atoms with Crippen molar-refractivity contribution in [1.29, 1.82) is 0 Å². The van der Waals surface area contributed by atoms with Crippen molar-refractivity contribution in [2.75, 3.05) is 7.05 Å². The molecule has 24 heavy (non-hydrogen) atoms. The number of carbonyl (C=O) groups is 1. The van der Waals surface area contributed by atoms with Crippen LogP contribution in [0, 0.1) is 10.1 Å².